The van der Waals surface area contributed by atoms with Gasteiger partial charge in [-0.15, -0.1) is 0 Å². The first-order valence-corrected chi connectivity index (χ1v) is 10.3. The number of aryl methyl sites for hydroxylation is 1. The molecule has 0 atom stereocenters. The van der Waals surface area contributed by atoms with Gasteiger partial charge in [-0.05, 0) is 36.5 Å². The van der Waals surface area contributed by atoms with E-state index in [2.05, 4.69) is 59.5 Å². The normalized spacial score (nSPS) is 17.0. The summed E-state index contributed by atoms with van der Waals surface area (Å²) in [4.78, 5) is 6.67. The molecule has 7 heteroatoms. The van der Waals surface area contributed by atoms with E-state index in [-0.39, 0.29) is 5.41 Å². The number of aliphatic imine (C=N–C) groups is 1. The van der Waals surface area contributed by atoms with E-state index in [4.69, 9.17) is 9.47 Å². The third-order valence-electron chi connectivity index (χ3n) is 5.89. The summed E-state index contributed by atoms with van der Waals surface area (Å²) in [5.74, 6) is 2.99. The van der Waals surface area contributed by atoms with Crippen LogP contribution in [0.4, 0.5) is 0 Å². The molecule has 4 rings (SSSR count). The van der Waals surface area contributed by atoms with Crippen LogP contribution in [0.5, 0.6) is 11.5 Å². The predicted octanol–water partition coefficient (Wildman–Crippen LogP) is 3.01. The fourth-order valence-electron chi connectivity index (χ4n) is 4.07. The molecule has 29 heavy (non-hydrogen) atoms. The molecule has 1 aromatic carbocycles. The highest BCUT2D eigenvalue weighted by Gasteiger charge is 2.45. The standard InChI is InChI=1S/C22H31N5O2/c1-15(2)20-16(12-27(5)25-20)11-26(4)21(23-3)24-13-22(8-9-22)17-6-7-18-19(10-17)29-14-28-18/h6-7,10,12,15H,8-9,11,13-14H2,1-5H3,(H,23,24). The van der Waals surface area contributed by atoms with Crippen LogP contribution >= 0.6 is 0 Å². The summed E-state index contributed by atoms with van der Waals surface area (Å²) in [6.45, 7) is 6.31. The molecule has 7 nitrogen and oxygen atoms in total. The van der Waals surface area contributed by atoms with Gasteiger partial charge in [-0.1, -0.05) is 19.9 Å². The van der Waals surface area contributed by atoms with E-state index in [0.717, 1.165) is 36.2 Å². The molecule has 0 amide bonds. The summed E-state index contributed by atoms with van der Waals surface area (Å²) in [5, 5.41) is 8.21. The third kappa shape index (κ3) is 3.91. The zero-order chi connectivity index (χ0) is 20.6. The summed E-state index contributed by atoms with van der Waals surface area (Å²) in [6.07, 6.45) is 4.44. The van der Waals surface area contributed by atoms with Gasteiger partial charge in [-0.25, -0.2) is 0 Å². The number of guanidine groups is 1. The highest BCUT2D eigenvalue weighted by atomic mass is 16.7. The van der Waals surface area contributed by atoms with Crippen molar-refractivity contribution in [1.29, 1.82) is 0 Å². The molecule has 1 saturated carbocycles. The van der Waals surface area contributed by atoms with E-state index in [9.17, 15) is 0 Å². The molecule has 0 spiro atoms. The zero-order valence-electron chi connectivity index (χ0n) is 18.0. The number of rotatable bonds is 6. The minimum Gasteiger partial charge on any atom is -0.454 e. The second kappa shape index (κ2) is 7.61. The van der Waals surface area contributed by atoms with Crippen LogP contribution < -0.4 is 14.8 Å². The maximum Gasteiger partial charge on any atom is 0.231 e. The molecule has 1 aliphatic carbocycles. The van der Waals surface area contributed by atoms with Crippen molar-refractivity contribution in [3.8, 4) is 11.5 Å². The van der Waals surface area contributed by atoms with Crippen LogP contribution in [0.2, 0.25) is 0 Å². The first-order valence-electron chi connectivity index (χ1n) is 10.3. The highest BCUT2D eigenvalue weighted by Crippen LogP contribution is 2.49. The quantitative estimate of drug-likeness (QED) is 0.600. The largest absolute Gasteiger partial charge is 0.454 e. The SMILES string of the molecule is CN=C(NCC1(c2ccc3c(c2)OCO3)CC1)N(C)Cc1cn(C)nc1C(C)C. The Balaban J connectivity index is 1.42. The molecule has 1 N–H and O–H groups in total. The highest BCUT2D eigenvalue weighted by molar-refractivity contribution is 5.79. The zero-order valence-corrected chi connectivity index (χ0v) is 18.0. The molecule has 2 aromatic rings. The molecule has 156 valence electrons. The maximum atomic E-state index is 5.56. The van der Waals surface area contributed by atoms with Crippen LogP contribution in [0.1, 0.15) is 49.4 Å². The van der Waals surface area contributed by atoms with Crippen LogP contribution in [-0.2, 0) is 19.0 Å². The van der Waals surface area contributed by atoms with Gasteiger partial charge in [-0.3, -0.25) is 9.67 Å². The molecule has 0 radical (unpaired) electrons. The molecule has 0 unspecified atom stereocenters. The van der Waals surface area contributed by atoms with E-state index in [0.29, 0.717) is 12.7 Å². The Morgan fingerprint density at radius 3 is 2.76 bits per heavy atom. The van der Waals surface area contributed by atoms with Crippen LogP contribution in [-0.4, -0.2) is 48.1 Å². The Kier molecular flexibility index (Phi) is 5.15. The van der Waals surface area contributed by atoms with Crippen molar-refractivity contribution in [1.82, 2.24) is 20.0 Å². The van der Waals surface area contributed by atoms with Crippen LogP contribution in [0.15, 0.2) is 29.4 Å². The van der Waals surface area contributed by atoms with E-state index in [1.165, 1.54) is 24.0 Å². The summed E-state index contributed by atoms with van der Waals surface area (Å²) >= 11 is 0. The number of ether oxygens (including phenoxy) is 2. The number of nitrogens with zero attached hydrogens (tertiary/aromatic N) is 4. The van der Waals surface area contributed by atoms with E-state index in [1.54, 1.807) is 0 Å². The monoisotopic (exact) mass is 397 g/mol. The molecule has 2 aliphatic rings. The van der Waals surface area contributed by atoms with Crippen LogP contribution in [0, 0.1) is 0 Å². The number of hydrogen-bond acceptors (Lipinski definition) is 4. The van der Waals surface area contributed by atoms with Crippen molar-refractivity contribution >= 4 is 5.96 Å². The first-order chi connectivity index (χ1) is 13.9. The average Bonchev–Trinajstić information content (AvgIpc) is 3.16. The Morgan fingerprint density at radius 1 is 1.31 bits per heavy atom. The fourth-order valence-corrected chi connectivity index (χ4v) is 4.07. The smallest absolute Gasteiger partial charge is 0.231 e. The van der Waals surface area contributed by atoms with Crippen LogP contribution in [0.25, 0.3) is 0 Å². The van der Waals surface area contributed by atoms with Gasteiger partial charge in [-0.2, -0.15) is 5.10 Å². The molecule has 2 heterocycles. The van der Waals surface area contributed by atoms with Gasteiger partial charge in [0, 0.05) is 51.4 Å². The summed E-state index contributed by atoms with van der Waals surface area (Å²) < 4.78 is 12.9. The Labute approximate surface area is 172 Å². The minimum absolute atomic E-state index is 0.148. The van der Waals surface area contributed by atoms with Gasteiger partial charge in [0.05, 0.1) is 5.69 Å². The second-order valence-corrected chi connectivity index (χ2v) is 8.47. The van der Waals surface area contributed by atoms with E-state index >= 15 is 0 Å². The van der Waals surface area contributed by atoms with Gasteiger partial charge in [0.1, 0.15) is 0 Å². The molecule has 0 bridgehead atoms. The number of nitrogens with one attached hydrogen (secondary N) is 1. The van der Waals surface area contributed by atoms with Crippen molar-refractivity contribution < 1.29 is 9.47 Å². The molecular formula is C22H31N5O2. The molecular weight excluding hydrogens is 366 g/mol. The van der Waals surface area contributed by atoms with Crippen molar-refractivity contribution in [2.45, 2.75) is 44.6 Å². The Hall–Kier alpha value is -2.70. The molecule has 1 fully saturated rings. The van der Waals surface area contributed by atoms with Crippen LogP contribution in [0.3, 0.4) is 0 Å². The predicted molar refractivity (Wildman–Crippen MR) is 114 cm³/mol. The van der Waals surface area contributed by atoms with Crippen molar-refractivity contribution in [2.75, 3.05) is 27.4 Å². The van der Waals surface area contributed by atoms with Crippen molar-refractivity contribution in [3.63, 3.8) is 0 Å². The topological polar surface area (TPSA) is 63.9 Å². The van der Waals surface area contributed by atoms with Crippen molar-refractivity contribution in [3.05, 3.63) is 41.2 Å². The number of benzene rings is 1. The lowest BCUT2D eigenvalue weighted by atomic mass is 9.95. The fraction of sp³-hybridized carbons (Fsp3) is 0.545. The second-order valence-electron chi connectivity index (χ2n) is 8.47. The number of aromatic nitrogens is 2. The van der Waals surface area contributed by atoms with Gasteiger partial charge in [0.25, 0.3) is 0 Å². The lowest BCUT2D eigenvalue weighted by molar-refractivity contribution is 0.174. The van der Waals surface area contributed by atoms with Gasteiger partial charge in [0.2, 0.25) is 6.79 Å². The Bertz CT molecular complexity index is 914. The average molecular weight is 398 g/mol. The number of hydrogen-bond donors (Lipinski definition) is 1. The van der Waals surface area contributed by atoms with Gasteiger partial charge >= 0.3 is 0 Å². The first kappa shape index (κ1) is 19.6. The molecule has 1 aromatic heterocycles. The van der Waals surface area contributed by atoms with E-state index < -0.39 is 0 Å². The van der Waals surface area contributed by atoms with Gasteiger partial charge < -0.3 is 19.7 Å². The van der Waals surface area contributed by atoms with Crippen molar-refractivity contribution in [2.24, 2.45) is 12.0 Å². The molecule has 0 saturated heterocycles. The van der Waals surface area contributed by atoms with E-state index in [1.807, 2.05) is 24.8 Å². The Morgan fingerprint density at radius 2 is 2.07 bits per heavy atom. The number of fused-ring (bicyclic) bond motifs is 1. The summed E-state index contributed by atoms with van der Waals surface area (Å²) in [6, 6.07) is 6.32. The summed E-state index contributed by atoms with van der Waals surface area (Å²) in [5.41, 5.74) is 3.84. The minimum atomic E-state index is 0.148. The maximum absolute atomic E-state index is 5.56. The molecule has 1 aliphatic heterocycles. The third-order valence-corrected chi connectivity index (χ3v) is 5.89. The lowest BCUT2D eigenvalue weighted by Gasteiger charge is -2.25. The lowest BCUT2D eigenvalue weighted by Crippen LogP contribution is -2.42. The summed E-state index contributed by atoms with van der Waals surface area (Å²) in [7, 11) is 5.89. The van der Waals surface area contributed by atoms with Gasteiger partial charge in [0.15, 0.2) is 17.5 Å².